The summed E-state index contributed by atoms with van der Waals surface area (Å²) in [6.07, 6.45) is 2.47. The van der Waals surface area contributed by atoms with Crippen LogP contribution < -0.4 is 0 Å². The van der Waals surface area contributed by atoms with Gasteiger partial charge in [-0.1, -0.05) is 34.6 Å². The molecule has 0 saturated carbocycles. The van der Waals surface area contributed by atoms with Crippen LogP contribution in [-0.2, 0) is 9.84 Å². The molecule has 0 aliphatic heterocycles. The molecular formula is C19H31NO2SSi. The van der Waals surface area contributed by atoms with Gasteiger partial charge in [-0.3, -0.25) is 4.79 Å². The SMILES string of the molecule is CC(C)C(C#N)(CCCO[Si](C)(C)C(C)(C)C)c1ccc(C=O)s1. The minimum absolute atomic E-state index is 0.188. The molecule has 0 fully saturated rings. The zero-order valence-corrected chi connectivity index (χ0v) is 17.9. The van der Waals surface area contributed by atoms with E-state index >= 15 is 0 Å². The highest BCUT2D eigenvalue weighted by molar-refractivity contribution is 7.13. The molecule has 1 rings (SSSR count). The van der Waals surface area contributed by atoms with E-state index in [-0.39, 0.29) is 11.0 Å². The molecule has 0 amide bonds. The van der Waals surface area contributed by atoms with Gasteiger partial charge in [-0.25, -0.2) is 0 Å². The van der Waals surface area contributed by atoms with Crippen molar-refractivity contribution in [2.24, 2.45) is 5.92 Å². The average Bonchev–Trinajstić information content (AvgIpc) is 2.95. The second-order valence-corrected chi connectivity index (χ2v) is 14.2. The van der Waals surface area contributed by atoms with Crippen LogP contribution in [0.15, 0.2) is 12.1 Å². The molecule has 0 aromatic carbocycles. The summed E-state index contributed by atoms with van der Waals surface area (Å²) < 4.78 is 6.25. The maximum absolute atomic E-state index is 11.0. The highest BCUT2D eigenvalue weighted by Gasteiger charge is 2.39. The molecule has 0 N–H and O–H groups in total. The molecule has 0 aliphatic carbocycles. The molecule has 0 saturated heterocycles. The Morgan fingerprint density at radius 2 is 1.96 bits per heavy atom. The number of nitrogens with zero attached hydrogens (tertiary/aromatic N) is 1. The predicted molar refractivity (Wildman–Crippen MR) is 104 cm³/mol. The molecule has 1 unspecified atom stereocenters. The first kappa shape index (κ1) is 21.1. The summed E-state index contributed by atoms with van der Waals surface area (Å²) in [4.78, 5) is 12.7. The molecule has 3 nitrogen and oxygen atoms in total. The number of aldehydes is 1. The second-order valence-electron chi connectivity index (χ2n) is 8.27. The van der Waals surface area contributed by atoms with E-state index in [9.17, 15) is 10.1 Å². The Bertz CT molecular complexity index is 595. The van der Waals surface area contributed by atoms with E-state index in [1.54, 1.807) is 0 Å². The summed E-state index contributed by atoms with van der Waals surface area (Å²) in [5.41, 5.74) is -0.539. The fraction of sp³-hybridized carbons (Fsp3) is 0.684. The average molecular weight is 366 g/mol. The molecule has 134 valence electrons. The fourth-order valence-corrected chi connectivity index (χ4v) is 4.71. The highest BCUT2D eigenvalue weighted by Crippen LogP contribution is 2.41. The van der Waals surface area contributed by atoms with Gasteiger partial charge < -0.3 is 4.43 Å². The summed E-state index contributed by atoms with van der Waals surface area (Å²) in [7, 11) is -1.75. The van der Waals surface area contributed by atoms with E-state index in [1.807, 2.05) is 12.1 Å². The number of carbonyl (C=O) groups is 1. The highest BCUT2D eigenvalue weighted by atomic mass is 32.1. The Balaban J connectivity index is 2.82. The monoisotopic (exact) mass is 365 g/mol. The van der Waals surface area contributed by atoms with E-state index in [4.69, 9.17) is 4.43 Å². The summed E-state index contributed by atoms with van der Waals surface area (Å²) in [5, 5.41) is 10.1. The Morgan fingerprint density at radius 3 is 2.38 bits per heavy atom. The molecular weight excluding hydrogens is 334 g/mol. The fourth-order valence-electron chi connectivity index (χ4n) is 2.49. The molecule has 24 heavy (non-hydrogen) atoms. The molecule has 1 aromatic heterocycles. The summed E-state index contributed by atoms with van der Waals surface area (Å²) in [6.45, 7) is 16.1. The van der Waals surface area contributed by atoms with Crippen molar-refractivity contribution in [3.8, 4) is 6.07 Å². The van der Waals surface area contributed by atoms with Gasteiger partial charge in [-0.15, -0.1) is 11.3 Å². The first-order valence-corrected chi connectivity index (χ1v) is 12.3. The minimum Gasteiger partial charge on any atom is -0.417 e. The number of hydrogen-bond donors (Lipinski definition) is 0. The predicted octanol–water partition coefficient (Wildman–Crippen LogP) is 5.78. The number of hydrogen-bond acceptors (Lipinski definition) is 4. The second kappa shape index (κ2) is 7.94. The van der Waals surface area contributed by atoms with Gasteiger partial charge in [-0.2, -0.15) is 5.26 Å². The van der Waals surface area contributed by atoms with E-state index in [1.165, 1.54) is 11.3 Å². The van der Waals surface area contributed by atoms with E-state index in [0.29, 0.717) is 11.5 Å². The van der Waals surface area contributed by atoms with Gasteiger partial charge >= 0.3 is 0 Å². The third-order valence-corrected chi connectivity index (χ3v) is 11.1. The van der Waals surface area contributed by atoms with Crippen molar-refractivity contribution in [1.29, 1.82) is 5.26 Å². The Morgan fingerprint density at radius 1 is 1.33 bits per heavy atom. The van der Waals surface area contributed by atoms with Gasteiger partial charge in [0.25, 0.3) is 0 Å². The molecule has 0 bridgehead atoms. The number of nitriles is 1. The van der Waals surface area contributed by atoms with Crippen molar-refractivity contribution in [2.45, 2.75) is 71.0 Å². The van der Waals surface area contributed by atoms with Crippen LogP contribution >= 0.6 is 11.3 Å². The van der Waals surface area contributed by atoms with Crippen LogP contribution in [0.3, 0.4) is 0 Å². The first-order chi connectivity index (χ1) is 11.0. The van der Waals surface area contributed by atoms with Crippen molar-refractivity contribution < 1.29 is 9.22 Å². The summed E-state index contributed by atoms with van der Waals surface area (Å²) in [6, 6.07) is 6.30. The van der Waals surface area contributed by atoms with Crippen molar-refractivity contribution in [3.63, 3.8) is 0 Å². The van der Waals surface area contributed by atoms with Crippen molar-refractivity contribution in [2.75, 3.05) is 6.61 Å². The minimum atomic E-state index is -1.75. The van der Waals surface area contributed by atoms with Crippen LogP contribution in [0, 0.1) is 17.2 Å². The number of rotatable bonds is 8. The van der Waals surface area contributed by atoms with Crippen LogP contribution in [0.4, 0.5) is 0 Å². The normalized spacial score (nSPS) is 15.1. The van der Waals surface area contributed by atoms with Crippen LogP contribution in [0.1, 0.15) is 62.0 Å². The van der Waals surface area contributed by atoms with E-state index < -0.39 is 13.7 Å². The van der Waals surface area contributed by atoms with Crippen LogP contribution in [0.5, 0.6) is 0 Å². The van der Waals surface area contributed by atoms with E-state index in [2.05, 4.69) is 53.8 Å². The molecule has 0 spiro atoms. The lowest BCUT2D eigenvalue weighted by Crippen LogP contribution is -2.41. The Labute approximate surface area is 152 Å². The first-order valence-electron chi connectivity index (χ1n) is 8.61. The van der Waals surface area contributed by atoms with Gasteiger partial charge in [0.1, 0.15) is 0 Å². The lowest BCUT2D eigenvalue weighted by molar-refractivity contribution is 0.112. The van der Waals surface area contributed by atoms with Crippen molar-refractivity contribution in [3.05, 3.63) is 21.9 Å². The van der Waals surface area contributed by atoms with Gasteiger partial charge in [-0.05, 0) is 49.0 Å². The van der Waals surface area contributed by atoms with Gasteiger partial charge in [0.05, 0.1) is 16.4 Å². The Kier molecular flexibility index (Phi) is 6.98. The summed E-state index contributed by atoms with van der Waals surface area (Å²) >= 11 is 1.44. The summed E-state index contributed by atoms with van der Waals surface area (Å²) in [5.74, 6) is 0.188. The number of carbonyl (C=O) groups excluding carboxylic acids is 1. The third kappa shape index (κ3) is 4.56. The maximum atomic E-state index is 11.0. The molecule has 0 radical (unpaired) electrons. The maximum Gasteiger partial charge on any atom is 0.191 e. The lowest BCUT2D eigenvalue weighted by Gasteiger charge is -2.36. The lowest BCUT2D eigenvalue weighted by atomic mass is 9.74. The molecule has 0 aliphatic rings. The zero-order chi connectivity index (χ0) is 18.6. The molecule has 1 aromatic rings. The van der Waals surface area contributed by atoms with Crippen LogP contribution in [0.2, 0.25) is 18.1 Å². The molecule has 1 heterocycles. The Hall–Kier alpha value is -0.963. The van der Waals surface area contributed by atoms with Crippen molar-refractivity contribution >= 4 is 25.9 Å². The topological polar surface area (TPSA) is 50.1 Å². The zero-order valence-electron chi connectivity index (χ0n) is 16.1. The molecule has 5 heteroatoms. The van der Waals surface area contributed by atoms with Gasteiger partial charge in [0, 0.05) is 11.5 Å². The van der Waals surface area contributed by atoms with Gasteiger partial charge in [0.2, 0.25) is 0 Å². The molecule has 1 atom stereocenters. The standard InChI is InChI=1S/C19H31NO2SSi/c1-15(2)19(14-20,17-10-9-16(13-21)23-17)11-8-12-22-24(6,7)18(3,4)5/h9-10,13,15H,8,11-12H2,1-7H3. The van der Waals surface area contributed by atoms with Crippen molar-refractivity contribution in [1.82, 2.24) is 0 Å². The van der Waals surface area contributed by atoms with Crippen LogP contribution in [0.25, 0.3) is 0 Å². The third-order valence-electron chi connectivity index (χ3n) is 5.35. The van der Waals surface area contributed by atoms with E-state index in [0.717, 1.165) is 24.0 Å². The van der Waals surface area contributed by atoms with Gasteiger partial charge in [0.15, 0.2) is 14.6 Å². The van der Waals surface area contributed by atoms with Crippen LogP contribution in [-0.4, -0.2) is 21.2 Å². The quantitative estimate of drug-likeness (QED) is 0.333. The largest absolute Gasteiger partial charge is 0.417 e. The smallest absolute Gasteiger partial charge is 0.191 e. The number of thiophene rings is 1.